The SMILES string of the molecule is CC(C)NC1(c2nc3c(s2)CCCC3)CCSCC1. The van der Waals surface area contributed by atoms with Crippen LogP contribution < -0.4 is 5.32 Å². The van der Waals surface area contributed by atoms with Gasteiger partial charge in [0.05, 0.1) is 11.2 Å². The fraction of sp³-hybridized carbons (Fsp3) is 0.800. The van der Waals surface area contributed by atoms with Gasteiger partial charge in [-0.05, 0) is 63.9 Å². The van der Waals surface area contributed by atoms with Gasteiger partial charge >= 0.3 is 0 Å². The summed E-state index contributed by atoms with van der Waals surface area (Å²) >= 11 is 4.09. The van der Waals surface area contributed by atoms with Crippen LogP contribution in [0.15, 0.2) is 0 Å². The minimum absolute atomic E-state index is 0.168. The number of aromatic nitrogens is 1. The van der Waals surface area contributed by atoms with E-state index in [-0.39, 0.29) is 5.54 Å². The second-order valence-electron chi connectivity index (χ2n) is 6.09. The van der Waals surface area contributed by atoms with E-state index in [0.717, 1.165) is 0 Å². The molecule has 106 valence electrons. The summed E-state index contributed by atoms with van der Waals surface area (Å²) in [5, 5.41) is 5.24. The summed E-state index contributed by atoms with van der Waals surface area (Å²) in [6.07, 6.45) is 7.63. The zero-order valence-electron chi connectivity index (χ0n) is 12.0. The van der Waals surface area contributed by atoms with Gasteiger partial charge in [0.1, 0.15) is 5.01 Å². The van der Waals surface area contributed by atoms with Gasteiger partial charge in [-0.25, -0.2) is 4.98 Å². The van der Waals surface area contributed by atoms with Gasteiger partial charge in [-0.15, -0.1) is 11.3 Å². The standard InChI is InChI=1S/C15H24N2S2/c1-11(2)17-15(7-9-18-10-8-15)14-16-12-5-3-4-6-13(12)19-14/h11,17H,3-10H2,1-2H3. The third-order valence-electron chi connectivity index (χ3n) is 4.17. The lowest BCUT2D eigenvalue weighted by molar-refractivity contribution is 0.280. The number of thioether (sulfide) groups is 1. The first-order chi connectivity index (χ1) is 9.20. The Morgan fingerprint density at radius 1 is 1.16 bits per heavy atom. The van der Waals surface area contributed by atoms with Crippen molar-refractivity contribution >= 4 is 23.1 Å². The van der Waals surface area contributed by atoms with Crippen LogP contribution in [0.1, 0.15) is 55.1 Å². The van der Waals surface area contributed by atoms with Crippen LogP contribution >= 0.6 is 23.1 Å². The van der Waals surface area contributed by atoms with Crippen LogP contribution in [-0.4, -0.2) is 22.5 Å². The lowest BCUT2D eigenvalue weighted by Gasteiger charge is -2.38. The quantitative estimate of drug-likeness (QED) is 0.919. The summed E-state index contributed by atoms with van der Waals surface area (Å²) < 4.78 is 0. The predicted molar refractivity (Wildman–Crippen MR) is 85.3 cm³/mol. The molecule has 2 heterocycles. The molecule has 19 heavy (non-hydrogen) atoms. The highest BCUT2D eigenvalue weighted by Crippen LogP contribution is 2.40. The first kappa shape index (κ1) is 13.9. The fourth-order valence-corrected chi connectivity index (χ4v) is 5.80. The van der Waals surface area contributed by atoms with Crippen molar-refractivity contribution in [3.8, 4) is 0 Å². The van der Waals surface area contributed by atoms with Crippen molar-refractivity contribution in [3.63, 3.8) is 0 Å². The molecule has 0 atom stereocenters. The molecule has 0 bridgehead atoms. The highest BCUT2D eigenvalue weighted by Gasteiger charge is 2.38. The average molecular weight is 297 g/mol. The van der Waals surface area contributed by atoms with Crippen molar-refractivity contribution in [1.29, 1.82) is 0 Å². The molecule has 3 rings (SSSR count). The summed E-state index contributed by atoms with van der Waals surface area (Å²) in [4.78, 5) is 6.62. The normalized spacial score (nSPS) is 22.5. The number of nitrogens with one attached hydrogen (secondary N) is 1. The maximum absolute atomic E-state index is 5.05. The Balaban J connectivity index is 1.92. The molecule has 2 aliphatic rings. The van der Waals surface area contributed by atoms with E-state index in [2.05, 4.69) is 30.9 Å². The Morgan fingerprint density at radius 2 is 1.89 bits per heavy atom. The monoisotopic (exact) mass is 296 g/mol. The Bertz CT molecular complexity index is 410. The maximum atomic E-state index is 5.05. The van der Waals surface area contributed by atoms with Gasteiger partial charge in [-0.1, -0.05) is 0 Å². The smallest absolute Gasteiger partial charge is 0.113 e. The zero-order chi connectivity index (χ0) is 13.3. The third-order valence-corrected chi connectivity index (χ3v) is 6.51. The van der Waals surface area contributed by atoms with Crippen molar-refractivity contribution in [2.24, 2.45) is 0 Å². The number of fused-ring (bicyclic) bond motifs is 1. The van der Waals surface area contributed by atoms with E-state index in [1.165, 1.54) is 60.7 Å². The zero-order valence-corrected chi connectivity index (χ0v) is 13.6. The Labute approximate surface area is 124 Å². The molecule has 1 aliphatic heterocycles. The summed E-state index contributed by atoms with van der Waals surface area (Å²) in [7, 11) is 0. The number of nitrogens with zero attached hydrogens (tertiary/aromatic N) is 1. The van der Waals surface area contributed by atoms with Crippen LogP contribution in [-0.2, 0) is 18.4 Å². The molecule has 1 aliphatic carbocycles. The van der Waals surface area contributed by atoms with Crippen LogP contribution in [0.5, 0.6) is 0 Å². The molecule has 1 aromatic heterocycles. The van der Waals surface area contributed by atoms with Crippen molar-refractivity contribution in [2.45, 2.75) is 64.0 Å². The van der Waals surface area contributed by atoms with Crippen LogP contribution in [0.25, 0.3) is 0 Å². The van der Waals surface area contributed by atoms with Crippen molar-refractivity contribution in [2.75, 3.05) is 11.5 Å². The molecule has 1 saturated heterocycles. The minimum atomic E-state index is 0.168. The van der Waals surface area contributed by atoms with E-state index in [1.807, 2.05) is 11.3 Å². The van der Waals surface area contributed by atoms with Crippen LogP contribution in [0, 0.1) is 0 Å². The van der Waals surface area contributed by atoms with Crippen molar-refractivity contribution < 1.29 is 0 Å². The second-order valence-corrected chi connectivity index (χ2v) is 8.40. The lowest BCUT2D eigenvalue weighted by atomic mass is 9.92. The molecule has 0 spiro atoms. The highest BCUT2D eigenvalue weighted by atomic mass is 32.2. The van der Waals surface area contributed by atoms with E-state index >= 15 is 0 Å². The molecule has 1 aromatic rings. The van der Waals surface area contributed by atoms with Gasteiger partial charge in [0, 0.05) is 10.9 Å². The number of hydrogen-bond acceptors (Lipinski definition) is 4. The van der Waals surface area contributed by atoms with E-state index in [1.54, 1.807) is 4.88 Å². The minimum Gasteiger partial charge on any atom is -0.303 e. The number of rotatable bonds is 3. The van der Waals surface area contributed by atoms with Gasteiger partial charge in [0.25, 0.3) is 0 Å². The van der Waals surface area contributed by atoms with E-state index in [9.17, 15) is 0 Å². The molecular formula is C15H24N2S2. The molecule has 0 amide bonds. The van der Waals surface area contributed by atoms with Crippen molar-refractivity contribution in [1.82, 2.24) is 10.3 Å². The predicted octanol–water partition coefficient (Wildman–Crippen LogP) is 3.74. The van der Waals surface area contributed by atoms with Gasteiger partial charge in [0.2, 0.25) is 0 Å². The lowest BCUT2D eigenvalue weighted by Crippen LogP contribution is -2.48. The summed E-state index contributed by atoms with van der Waals surface area (Å²) in [6.45, 7) is 4.52. The van der Waals surface area contributed by atoms with Crippen LogP contribution in [0.2, 0.25) is 0 Å². The Kier molecular flexibility index (Phi) is 4.20. The molecule has 0 unspecified atom stereocenters. The molecular weight excluding hydrogens is 272 g/mol. The second kappa shape index (κ2) is 5.74. The third kappa shape index (κ3) is 2.86. The Hall–Kier alpha value is -0.0600. The van der Waals surface area contributed by atoms with Gasteiger partial charge in [-0.3, -0.25) is 0 Å². The van der Waals surface area contributed by atoms with E-state index in [4.69, 9.17) is 4.98 Å². The van der Waals surface area contributed by atoms with Crippen LogP contribution in [0.4, 0.5) is 0 Å². The number of aryl methyl sites for hydroxylation is 2. The molecule has 1 fully saturated rings. The van der Waals surface area contributed by atoms with E-state index in [0.29, 0.717) is 6.04 Å². The highest BCUT2D eigenvalue weighted by molar-refractivity contribution is 7.99. The number of thiazole rings is 1. The maximum Gasteiger partial charge on any atom is 0.113 e. The van der Waals surface area contributed by atoms with Gasteiger partial charge < -0.3 is 5.32 Å². The molecule has 0 radical (unpaired) electrons. The molecule has 1 N–H and O–H groups in total. The Morgan fingerprint density at radius 3 is 2.58 bits per heavy atom. The van der Waals surface area contributed by atoms with Crippen LogP contribution in [0.3, 0.4) is 0 Å². The van der Waals surface area contributed by atoms with E-state index < -0.39 is 0 Å². The molecule has 4 heteroatoms. The summed E-state index contributed by atoms with van der Waals surface area (Å²) in [6, 6.07) is 0.532. The first-order valence-corrected chi connectivity index (χ1v) is 9.51. The fourth-order valence-electron chi connectivity index (χ4n) is 3.25. The summed E-state index contributed by atoms with van der Waals surface area (Å²) in [5.41, 5.74) is 1.58. The summed E-state index contributed by atoms with van der Waals surface area (Å²) in [5.74, 6) is 2.54. The molecule has 0 aromatic carbocycles. The topological polar surface area (TPSA) is 24.9 Å². The van der Waals surface area contributed by atoms with Gasteiger partial charge in [-0.2, -0.15) is 11.8 Å². The largest absolute Gasteiger partial charge is 0.303 e. The molecule has 2 nitrogen and oxygen atoms in total. The number of hydrogen-bond donors (Lipinski definition) is 1. The molecule has 0 saturated carbocycles. The van der Waals surface area contributed by atoms with Crippen molar-refractivity contribution in [3.05, 3.63) is 15.6 Å². The first-order valence-electron chi connectivity index (χ1n) is 7.54. The average Bonchev–Trinajstić information content (AvgIpc) is 2.83. The van der Waals surface area contributed by atoms with Gasteiger partial charge in [0.15, 0.2) is 0 Å².